The molecular weight excluding hydrogens is 296 g/mol. The average molecular weight is 312 g/mol. The molecule has 6 heteroatoms. The summed E-state index contributed by atoms with van der Waals surface area (Å²) in [7, 11) is 0. The van der Waals surface area contributed by atoms with Crippen LogP contribution >= 0.6 is 0 Å². The van der Waals surface area contributed by atoms with Crippen LogP contribution in [0.4, 0.5) is 4.79 Å². The van der Waals surface area contributed by atoms with E-state index in [0.717, 1.165) is 0 Å². The van der Waals surface area contributed by atoms with Crippen molar-refractivity contribution in [3.63, 3.8) is 0 Å². The maximum Gasteiger partial charge on any atom is 0.514 e. The molecule has 0 radical (unpaired) electrons. The number of hydrogen-bond acceptors (Lipinski definition) is 6. The maximum absolute atomic E-state index is 11.7. The molecule has 0 N–H and O–H groups in total. The minimum absolute atomic E-state index is 0.329. The molecule has 0 saturated heterocycles. The number of pyridine rings is 1. The quantitative estimate of drug-likeness (QED) is 0.521. The first kappa shape index (κ1) is 15.0. The summed E-state index contributed by atoms with van der Waals surface area (Å²) in [6.07, 6.45) is 0.905. The molecule has 0 atom stereocenters. The number of fused-ring (bicyclic) bond motifs is 1. The number of ether oxygens (including phenoxy) is 2. The fourth-order valence-corrected chi connectivity index (χ4v) is 1.93. The van der Waals surface area contributed by atoms with Gasteiger partial charge in [0, 0.05) is 12.3 Å². The van der Waals surface area contributed by atoms with E-state index in [1.807, 2.05) is 18.2 Å². The van der Waals surface area contributed by atoms with Crippen molar-refractivity contribution in [2.45, 2.75) is 26.4 Å². The lowest BCUT2D eigenvalue weighted by Crippen LogP contribution is -2.25. The number of carbonyl (C=O) groups is 1. The molecule has 0 aliphatic heterocycles. The van der Waals surface area contributed by atoms with Gasteiger partial charge in [0.05, 0.1) is 0 Å². The Bertz CT molecular complexity index is 835. The second kappa shape index (κ2) is 5.72. The van der Waals surface area contributed by atoms with Gasteiger partial charge in [-0.3, -0.25) is 4.98 Å². The number of aromatic nitrogens is 2. The van der Waals surface area contributed by atoms with E-state index in [2.05, 4.69) is 9.97 Å². The lowest BCUT2D eigenvalue weighted by molar-refractivity contribution is 0.0206. The largest absolute Gasteiger partial charge is 0.514 e. The van der Waals surface area contributed by atoms with Gasteiger partial charge in [0.15, 0.2) is 5.58 Å². The molecular formula is C17H16N2O4. The summed E-state index contributed by atoms with van der Waals surface area (Å²) in [6, 6.07) is 10.4. The summed E-state index contributed by atoms with van der Waals surface area (Å²) < 4.78 is 15.9. The van der Waals surface area contributed by atoms with Crippen LogP contribution in [0.2, 0.25) is 0 Å². The Labute approximate surface area is 133 Å². The van der Waals surface area contributed by atoms with Crippen LogP contribution < -0.4 is 4.74 Å². The molecule has 118 valence electrons. The van der Waals surface area contributed by atoms with E-state index in [-0.39, 0.29) is 0 Å². The van der Waals surface area contributed by atoms with Crippen LogP contribution in [0, 0.1) is 0 Å². The van der Waals surface area contributed by atoms with E-state index >= 15 is 0 Å². The summed E-state index contributed by atoms with van der Waals surface area (Å²) in [6.45, 7) is 5.31. The number of carbonyl (C=O) groups excluding carboxylic acids is 1. The van der Waals surface area contributed by atoms with E-state index in [4.69, 9.17) is 13.9 Å². The summed E-state index contributed by atoms with van der Waals surface area (Å²) in [4.78, 5) is 20.2. The predicted molar refractivity (Wildman–Crippen MR) is 84.1 cm³/mol. The number of rotatable bonds is 2. The topological polar surface area (TPSA) is 74.5 Å². The lowest BCUT2D eigenvalue weighted by Gasteiger charge is -2.18. The van der Waals surface area contributed by atoms with Gasteiger partial charge in [-0.2, -0.15) is 0 Å². The third kappa shape index (κ3) is 3.66. The Kier molecular flexibility index (Phi) is 3.73. The predicted octanol–water partition coefficient (Wildman–Crippen LogP) is 4.20. The molecule has 0 bridgehead atoms. The first-order valence-corrected chi connectivity index (χ1v) is 7.13. The molecule has 0 aliphatic rings. The van der Waals surface area contributed by atoms with Crippen molar-refractivity contribution in [2.24, 2.45) is 0 Å². The smallest absolute Gasteiger partial charge is 0.435 e. The summed E-state index contributed by atoms with van der Waals surface area (Å²) in [5.74, 6) is 0.741. The molecule has 1 aromatic carbocycles. The van der Waals surface area contributed by atoms with Crippen LogP contribution in [0.3, 0.4) is 0 Å². The van der Waals surface area contributed by atoms with Crippen LogP contribution in [-0.2, 0) is 4.74 Å². The molecule has 0 saturated carbocycles. The molecule has 0 amide bonds. The van der Waals surface area contributed by atoms with Gasteiger partial charge >= 0.3 is 6.16 Å². The van der Waals surface area contributed by atoms with Crippen LogP contribution in [-0.4, -0.2) is 21.7 Å². The first-order valence-electron chi connectivity index (χ1n) is 7.13. The Morgan fingerprint density at radius 2 is 2.00 bits per heavy atom. The van der Waals surface area contributed by atoms with Gasteiger partial charge in [0.2, 0.25) is 5.89 Å². The molecule has 0 unspecified atom stereocenters. The van der Waals surface area contributed by atoms with Crippen molar-refractivity contribution in [3.05, 3.63) is 42.6 Å². The van der Waals surface area contributed by atoms with Crippen molar-refractivity contribution in [1.29, 1.82) is 0 Å². The molecule has 3 aromatic rings. The highest BCUT2D eigenvalue weighted by Crippen LogP contribution is 2.26. The van der Waals surface area contributed by atoms with Gasteiger partial charge in [0.1, 0.15) is 22.6 Å². The van der Waals surface area contributed by atoms with E-state index in [1.54, 1.807) is 45.2 Å². The first-order chi connectivity index (χ1) is 10.9. The van der Waals surface area contributed by atoms with Crippen LogP contribution in [0.15, 0.2) is 47.0 Å². The normalized spacial score (nSPS) is 11.4. The van der Waals surface area contributed by atoms with E-state index in [0.29, 0.717) is 28.4 Å². The fourth-order valence-electron chi connectivity index (χ4n) is 1.93. The van der Waals surface area contributed by atoms with Crippen LogP contribution in [0.25, 0.3) is 22.7 Å². The molecule has 0 spiro atoms. The summed E-state index contributed by atoms with van der Waals surface area (Å²) >= 11 is 0. The summed E-state index contributed by atoms with van der Waals surface area (Å²) in [5.41, 5.74) is 1.19. The van der Waals surface area contributed by atoms with Gasteiger partial charge < -0.3 is 13.9 Å². The highest BCUT2D eigenvalue weighted by Gasteiger charge is 2.18. The monoisotopic (exact) mass is 312 g/mol. The third-order valence-electron chi connectivity index (χ3n) is 2.83. The standard InChI is InChI=1S/C17H16N2O4/c1-17(2,3)23-16(20)21-11-7-8-12-14(10-11)22-15(19-12)13-6-4-5-9-18-13/h4-10H,1-3H3. The molecule has 23 heavy (non-hydrogen) atoms. The van der Waals surface area contributed by atoms with Gasteiger partial charge in [-0.25, -0.2) is 9.78 Å². The molecule has 6 nitrogen and oxygen atoms in total. The second-order valence-electron chi connectivity index (χ2n) is 5.93. The Morgan fingerprint density at radius 3 is 2.70 bits per heavy atom. The van der Waals surface area contributed by atoms with Crippen LogP contribution in [0.5, 0.6) is 5.75 Å². The summed E-state index contributed by atoms with van der Waals surface area (Å²) in [5, 5.41) is 0. The molecule has 0 fully saturated rings. The van der Waals surface area contributed by atoms with Crippen molar-refractivity contribution < 1.29 is 18.7 Å². The van der Waals surface area contributed by atoms with Gasteiger partial charge in [-0.1, -0.05) is 6.07 Å². The molecule has 3 rings (SSSR count). The molecule has 0 aliphatic carbocycles. The molecule has 2 aromatic heterocycles. The minimum Gasteiger partial charge on any atom is -0.435 e. The highest BCUT2D eigenvalue weighted by atomic mass is 16.7. The number of hydrogen-bond donors (Lipinski definition) is 0. The zero-order valence-corrected chi connectivity index (χ0v) is 13.1. The SMILES string of the molecule is CC(C)(C)OC(=O)Oc1ccc2nc(-c3ccccn3)oc2c1. The molecule has 2 heterocycles. The number of oxazole rings is 1. The van der Waals surface area contributed by atoms with Gasteiger partial charge in [-0.05, 0) is 45.0 Å². The zero-order chi connectivity index (χ0) is 16.4. The van der Waals surface area contributed by atoms with E-state index in [1.165, 1.54) is 0 Å². The van der Waals surface area contributed by atoms with E-state index < -0.39 is 11.8 Å². The number of nitrogens with zero attached hydrogens (tertiary/aromatic N) is 2. The highest BCUT2D eigenvalue weighted by molar-refractivity contribution is 5.78. The van der Waals surface area contributed by atoms with E-state index in [9.17, 15) is 4.79 Å². The Morgan fingerprint density at radius 1 is 1.17 bits per heavy atom. The zero-order valence-electron chi connectivity index (χ0n) is 13.1. The maximum atomic E-state index is 11.7. The average Bonchev–Trinajstić information content (AvgIpc) is 2.89. The van der Waals surface area contributed by atoms with Crippen molar-refractivity contribution in [3.8, 4) is 17.3 Å². The fraction of sp³-hybridized carbons (Fsp3) is 0.235. The van der Waals surface area contributed by atoms with Crippen molar-refractivity contribution in [2.75, 3.05) is 0 Å². The minimum atomic E-state index is -0.763. The Balaban J connectivity index is 1.84. The van der Waals surface area contributed by atoms with Crippen molar-refractivity contribution >= 4 is 17.3 Å². The van der Waals surface area contributed by atoms with Crippen molar-refractivity contribution in [1.82, 2.24) is 9.97 Å². The van der Waals surface area contributed by atoms with Crippen LogP contribution in [0.1, 0.15) is 20.8 Å². The lowest BCUT2D eigenvalue weighted by atomic mass is 10.2. The third-order valence-corrected chi connectivity index (χ3v) is 2.83. The Hall–Kier alpha value is -2.89. The van der Waals surface area contributed by atoms with Gasteiger partial charge in [-0.15, -0.1) is 0 Å². The van der Waals surface area contributed by atoms with Gasteiger partial charge in [0.25, 0.3) is 0 Å². The second-order valence-corrected chi connectivity index (χ2v) is 5.93. The number of benzene rings is 1.